The topological polar surface area (TPSA) is 283 Å². The van der Waals surface area contributed by atoms with Crippen molar-refractivity contribution in [1.29, 1.82) is 0 Å². The van der Waals surface area contributed by atoms with E-state index in [1.165, 1.54) is 53.5 Å². The molecule has 2 heterocycles. The van der Waals surface area contributed by atoms with E-state index in [9.17, 15) is 64.7 Å². The second-order valence-corrected chi connectivity index (χ2v) is 14.9. The van der Waals surface area contributed by atoms with Crippen molar-refractivity contribution in [3.05, 3.63) is 100 Å². The molecule has 306 valence electrons. The van der Waals surface area contributed by atoms with Crippen LogP contribution in [-0.2, 0) is 19.2 Å². The minimum Gasteiger partial charge on any atom is -0.508 e. The number of benzene rings is 3. The molecule has 6 atom stereocenters. The minimum absolute atomic E-state index is 0.0569. The van der Waals surface area contributed by atoms with Gasteiger partial charge in [-0.2, -0.15) is 0 Å². The molecule has 3 fully saturated rings. The Hall–Kier alpha value is -7.52. The molecular formula is C37H34N8O14. The number of hydrogen-bond acceptors (Lipinski definition) is 16. The summed E-state index contributed by atoms with van der Waals surface area (Å²) in [4.78, 5) is 107. The normalized spacial score (nSPS) is 23.3. The smallest absolute Gasteiger partial charge is 0.301 e. The Balaban J connectivity index is 1.39. The number of methoxy groups -OCH3 is 1. The van der Waals surface area contributed by atoms with Crippen LogP contribution >= 0.6 is 0 Å². The fourth-order valence-electron chi connectivity index (χ4n) is 9.35. The third-order valence-corrected chi connectivity index (χ3v) is 11.5. The van der Waals surface area contributed by atoms with Gasteiger partial charge in [-0.3, -0.25) is 59.6 Å². The zero-order valence-corrected chi connectivity index (χ0v) is 31.8. The van der Waals surface area contributed by atoms with Crippen LogP contribution in [0.3, 0.4) is 0 Å². The van der Waals surface area contributed by atoms with Crippen LogP contribution in [-0.4, -0.2) is 83.7 Å². The fraction of sp³-hybridized carbons (Fsp3) is 0.351. The minimum atomic E-state index is -1.34. The van der Waals surface area contributed by atoms with Crippen molar-refractivity contribution in [2.75, 3.05) is 54.9 Å². The lowest BCUT2D eigenvalue weighted by molar-refractivity contribution is -0.392. The first kappa shape index (κ1) is 39.7. The highest BCUT2D eigenvalue weighted by molar-refractivity contribution is 6.24. The van der Waals surface area contributed by atoms with Crippen molar-refractivity contribution in [3.8, 4) is 11.5 Å². The Morgan fingerprint density at radius 3 is 1.53 bits per heavy atom. The molecule has 4 amide bonds. The van der Waals surface area contributed by atoms with Gasteiger partial charge in [-0.05, 0) is 30.9 Å². The quantitative estimate of drug-likeness (QED) is 0.130. The van der Waals surface area contributed by atoms with Crippen LogP contribution in [0.4, 0.5) is 45.5 Å². The standard InChI is InChI=1S/C37H34N8O14/c1-38(2)32-22(42(51)52)11-16(12-23(32)43(53)54)40-34(47)19-10-9-18-20(28(19)36(40)49)15-21-30(29(18)31-26(46)7-6-8-27(31)59-5)37(50)41(35(21)48)17-13-24(44(55)56)33(39(3)4)25(14-17)45(57)58/h6-9,11-14,19-21,28-30,46H,10,15H2,1-5H3. The van der Waals surface area contributed by atoms with Crippen molar-refractivity contribution in [2.45, 2.75) is 18.8 Å². The summed E-state index contributed by atoms with van der Waals surface area (Å²) in [5, 5.41) is 60.1. The first-order chi connectivity index (χ1) is 27.8. The predicted molar refractivity (Wildman–Crippen MR) is 205 cm³/mol. The Kier molecular flexibility index (Phi) is 9.52. The number of ether oxygens (including phenoxy) is 1. The number of imide groups is 2. The number of carbonyl (C=O) groups is 4. The number of nitrogens with zero attached hydrogens (tertiary/aromatic N) is 8. The molecule has 1 N–H and O–H groups in total. The molecular weight excluding hydrogens is 780 g/mol. The monoisotopic (exact) mass is 814 g/mol. The van der Waals surface area contributed by atoms with Gasteiger partial charge in [0.05, 0.1) is 61.8 Å². The molecule has 1 saturated carbocycles. The zero-order chi connectivity index (χ0) is 43.1. The van der Waals surface area contributed by atoms with Gasteiger partial charge in [-0.15, -0.1) is 0 Å². The average Bonchev–Trinajstić information content (AvgIpc) is 3.58. The van der Waals surface area contributed by atoms with Crippen LogP contribution in [0.1, 0.15) is 24.3 Å². The number of nitro groups is 4. The fourth-order valence-corrected chi connectivity index (χ4v) is 9.35. The highest BCUT2D eigenvalue weighted by atomic mass is 16.6. The molecule has 4 aliphatic rings. The van der Waals surface area contributed by atoms with E-state index in [0.29, 0.717) is 15.4 Å². The summed E-state index contributed by atoms with van der Waals surface area (Å²) in [6.07, 6.45) is 1.25. The van der Waals surface area contributed by atoms with E-state index in [0.717, 1.165) is 34.1 Å². The number of allylic oxidation sites excluding steroid dienone is 2. The third-order valence-electron chi connectivity index (χ3n) is 11.5. The molecule has 2 aliphatic heterocycles. The summed E-state index contributed by atoms with van der Waals surface area (Å²) in [5.74, 6) is -11.0. The Morgan fingerprint density at radius 2 is 1.10 bits per heavy atom. The van der Waals surface area contributed by atoms with Gasteiger partial charge in [0.1, 0.15) is 11.5 Å². The molecule has 3 aromatic carbocycles. The number of anilines is 4. The average molecular weight is 815 g/mol. The number of fused-ring (bicyclic) bond motifs is 4. The Bertz CT molecular complexity index is 2410. The summed E-state index contributed by atoms with van der Waals surface area (Å²) in [5.41, 5.74) is -4.22. The Morgan fingerprint density at radius 1 is 0.661 bits per heavy atom. The van der Waals surface area contributed by atoms with E-state index in [4.69, 9.17) is 4.74 Å². The van der Waals surface area contributed by atoms with Crippen molar-refractivity contribution >= 4 is 69.1 Å². The van der Waals surface area contributed by atoms with Gasteiger partial charge in [0, 0.05) is 63.9 Å². The number of rotatable bonds is 10. The lowest BCUT2D eigenvalue weighted by atomic mass is 9.57. The molecule has 7 rings (SSSR count). The number of amides is 4. The van der Waals surface area contributed by atoms with Crippen LogP contribution in [0.5, 0.6) is 11.5 Å². The van der Waals surface area contributed by atoms with E-state index < -0.39 is 113 Å². The van der Waals surface area contributed by atoms with E-state index in [-0.39, 0.29) is 41.3 Å². The summed E-state index contributed by atoms with van der Waals surface area (Å²) in [7, 11) is 6.71. The number of aromatic hydroxyl groups is 1. The van der Waals surface area contributed by atoms with Gasteiger partial charge in [0.25, 0.3) is 0 Å². The summed E-state index contributed by atoms with van der Waals surface area (Å²) < 4.78 is 5.59. The van der Waals surface area contributed by atoms with Gasteiger partial charge in [-0.1, -0.05) is 17.7 Å². The summed E-state index contributed by atoms with van der Waals surface area (Å²) in [6.45, 7) is 0. The third kappa shape index (κ3) is 5.93. The highest BCUT2D eigenvalue weighted by Crippen LogP contribution is 2.61. The number of carbonyl (C=O) groups excluding carboxylic acids is 4. The lowest BCUT2D eigenvalue weighted by Crippen LogP contribution is -2.43. The zero-order valence-electron chi connectivity index (χ0n) is 31.8. The SMILES string of the molecule is COc1cccc(O)c1C1C2=CCC3C(=O)N(c4cc([N+](=O)[O-])c(N(C)C)c([N+](=O)[O-])c4)C(=O)C3C2CC2C(=O)N(c3cc([N+](=O)[O-])c(N(C)C)c([N+](=O)[O-])c3)C(=O)C21. The van der Waals surface area contributed by atoms with Crippen molar-refractivity contribution < 1.29 is 48.7 Å². The molecule has 0 spiro atoms. The van der Waals surface area contributed by atoms with E-state index in [2.05, 4.69) is 0 Å². The molecule has 3 aromatic rings. The summed E-state index contributed by atoms with van der Waals surface area (Å²) in [6, 6.07) is 7.83. The molecule has 22 nitrogen and oxygen atoms in total. The van der Waals surface area contributed by atoms with Crippen LogP contribution in [0.15, 0.2) is 54.1 Å². The number of phenols is 1. The molecule has 6 unspecified atom stereocenters. The molecule has 0 aromatic heterocycles. The van der Waals surface area contributed by atoms with E-state index >= 15 is 0 Å². The van der Waals surface area contributed by atoms with Crippen molar-refractivity contribution in [1.82, 2.24) is 0 Å². The second-order valence-electron chi connectivity index (χ2n) is 14.9. The second kappa shape index (κ2) is 14.1. The van der Waals surface area contributed by atoms with Gasteiger partial charge >= 0.3 is 22.7 Å². The van der Waals surface area contributed by atoms with Crippen molar-refractivity contribution in [3.63, 3.8) is 0 Å². The van der Waals surface area contributed by atoms with E-state index in [1.54, 1.807) is 6.08 Å². The maximum atomic E-state index is 14.7. The molecule has 0 radical (unpaired) electrons. The maximum Gasteiger partial charge on any atom is 0.301 e. The number of nitro benzene ring substituents is 4. The first-order valence-corrected chi connectivity index (χ1v) is 17.9. The molecule has 22 heteroatoms. The highest BCUT2D eigenvalue weighted by Gasteiger charge is 2.63. The van der Waals surface area contributed by atoms with Crippen molar-refractivity contribution in [2.24, 2.45) is 29.6 Å². The molecule has 0 bridgehead atoms. The van der Waals surface area contributed by atoms with E-state index in [1.807, 2.05) is 0 Å². The van der Waals surface area contributed by atoms with Gasteiger partial charge in [0.15, 0.2) is 11.4 Å². The van der Waals surface area contributed by atoms with Crippen LogP contribution in [0.2, 0.25) is 0 Å². The number of hydrogen-bond donors (Lipinski definition) is 1. The Labute approximate surface area is 332 Å². The molecule has 59 heavy (non-hydrogen) atoms. The first-order valence-electron chi connectivity index (χ1n) is 17.9. The number of phenolic OH excluding ortho intramolecular Hbond substituents is 1. The largest absolute Gasteiger partial charge is 0.508 e. The van der Waals surface area contributed by atoms with Crippen LogP contribution in [0.25, 0.3) is 0 Å². The van der Waals surface area contributed by atoms with Gasteiger partial charge in [0.2, 0.25) is 23.6 Å². The maximum absolute atomic E-state index is 14.7. The summed E-state index contributed by atoms with van der Waals surface area (Å²) >= 11 is 0. The predicted octanol–water partition coefficient (Wildman–Crippen LogP) is 4.21. The lowest BCUT2D eigenvalue weighted by Gasteiger charge is -2.44. The van der Waals surface area contributed by atoms with Crippen LogP contribution in [0, 0.1) is 70.0 Å². The molecule has 2 aliphatic carbocycles. The van der Waals surface area contributed by atoms with Crippen LogP contribution < -0.4 is 24.3 Å². The van der Waals surface area contributed by atoms with Gasteiger partial charge in [-0.25, -0.2) is 9.80 Å². The molecule has 2 saturated heterocycles. The van der Waals surface area contributed by atoms with Gasteiger partial charge < -0.3 is 19.6 Å².